The predicted molar refractivity (Wildman–Crippen MR) is 108 cm³/mol. The molecule has 1 heterocycles. The molecule has 0 saturated carbocycles. The van der Waals surface area contributed by atoms with Gasteiger partial charge in [0.1, 0.15) is 23.9 Å². The van der Waals surface area contributed by atoms with Gasteiger partial charge in [-0.05, 0) is 48.9 Å². The minimum absolute atomic E-state index is 0.00214. The second-order valence-corrected chi connectivity index (χ2v) is 8.21. The Bertz CT molecular complexity index is 1110. The van der Waals surface area contributed by atoms with E-state index in [1.165, 1.54) is 36.6 Å². The largest absolute Gasteiger partial charge is 0.492 e. The number of carbonyl (C=O) groups excluding carboxylic acids is 1. The van der Waals surface area contributed by atoms with Gasteiger partial charge in [-0.15, -0.1) is 0 Å². The van der Waals surface area contributed by atoms with Crippen molar-refractivity contribution in [3.8, 4) is 5.75 Å². The number of aryl methyl sites for hydroxylation is 1. The summed E-state index contributed by atoms with van der Waals surface area (Å²) < 4.78 is 51.1. The summed E-state index contributed by atoms with van der Waals surface area (Å²) in [5.41, 5.74) is 0.866. The summed E-state index contributed by atoms with van der Waals surface area (Å²) in [6.07, 6.45) is 1.45. The van der Waals surface area contributed by atoms with Crippen molar-refractivity contribution in [2.24, 2.45) is 0 Å². The molecule has 0 unspecified atom stereocenters. The first-order chi connectivity index (χ1) is 14.3. The normalized spacial score (nSPS) is 11.3. The van der Waals surface area contributed by atoms with Crippen molar-refractivity contribution in [3.63, 3.8) is 0 Å². The Balaban J connectivity index is 1.60. The Morgan fingerprint density at radius 1 is 1.13 bits per heavy atom. The average Bonchev–Trinajstić information content (AvgIpc) is 3.24. The number of benzene rings is 2. The summed E-state index contributed by atoms with van der Waals surface area (Å²) >= 11 is 0. The Hall–Kier alpha value is -3.17. The topological polar surface area (TPSA) is 97.6 Å². The van der Waals surface area contributed by atoms with E-state index in [0.717, 1.165) is 0 Å². The maximum absolute atomic E-state index is 13.1. The third kappa shape index (κ3) is 5.68. The van der Waals surface area contributed by atoms with Crippen molar-refractivity contribution in [1.82, 2.24) is 10.0 Å². The number of hydrogen-bond donors (Lipinski definition) is 2. The Morgan fingerprint density at radius 2 is 1.97 bits per heavy atom. The van der Waals surface area contributed by atoms with E-state index in [9.17, 15) is 17.6 Å². The summed E-state index contributed by atoms with van der Waals surface area (Å²) in [7, 11) is -3.82. The van der Waals surface area contributed by atoms with Crippen LogP contribution >= 0.6 is 0 Å². The van der Waals surface area contributed by atoms with Gasteiger partial charge in [0.05, 0.1) is 24.2 Å². The monoisotopic (exact) mass is 432 g/mol. The van der Waals surface area contributed by atoms with Crippen LogP contribution in [0.5, 0.6) is 5.75 Å². The van der Waals surface area contributed by atoms with E-state index in [2.05, 4.69) is 10.0 Å². The Morgan fingerprint density at radius 3 is 2.70 bits per heavy atom. The van der Waals surface area contributed by atoms with Gasteiger partial charge in [0.15, 0.2) is 0 Å². The molecule has 30 heavy (non-hydrogen) atoms. The molecule has 0 spiro atoms. The van der Waals surface area contributed by atoms with Crippen molar-refractivity contribution in [3.05, 3.63) is 83.6 Å². The van der Waals surface area contributed by atoms with Crippen molar-refractivity contribution >= 4 is 15.9 Å². The maximum Gasteiger partial charge on any atom is 0.251 e. The molecule has 0 aliphatic carbocycles. The van der Waals surface area contributed by atoms with Crippen molar-refractivity contribution in [1.29, 1.82) is 0 Å². The number of amides is 1. The lowest BCUT2D eigenvalue weighted by Gasteiger charge is -2.11. The average molecular weight is 432 g/mol. The van der Waals surface area contributed by atoms with Gasteiger partial charge in [0.25, 0.3) is 5.91 Å². The van der Waals surface area contributed by atoms with Crippen molar-refractivity contribution in [2.75, 3.05) is 13.2 Å². The second-order valence-electron chi connectivity index (χ2n) is 6.44. The van der Waals surface area contributed by atoms with Gasteiger partial charge in [-0.25, -0.2) is 17.5 Å². The first-order valence-corrected chi connectivity index (χ1v) is 10.6. The number of ether oxygens (including phenoxy) is 1. The number of carbonyl (C=O) groups is 1. The lowest BCUT2D eigenvalue weighted by atomic mass is 10.1. The summed E-state index contributed by atoms with van der Waals surface area (Å²) in [5, 5.41) is 2.67. The zero-order valence-corrected chi connectivity index (χ0v) is 17.0. The minimum atomic E-state index is -3.82. The molecule has 158 valence electrons. The number of hydrogen-bond acceptors (Lipinski definition) is 5. The van der Waals surface area contributed by atoms with Crippen LogP contribution in [-0.4, -0.2) is 27.5 Å². The van der Waals surface area contributed by atoms with E-state index in [1.54, 1.807) is 31.2 Å². The molecule has 0 aliphatic heterocycles. The van der Waals surface area contributed by atoms with E-state index in [-0.39, 0.29) is 30.2 Å². The van der Waals surface area contributed by atoms with E-state index >= 15 is 0 Å². The zero-order valence-electron chi connectivity index (χ0n) is 16.2. The van der Waals surface area contributed by atoms with Crippen LogP contribution in [0.4, 0.5) is 4.39 Å². The zero-order chi connectivity index (χ0) is 21.6. The second kappa shape index (κ2) is 9.55. The van der Waals surface area contributed by atoms with Gasteiger partial charge >= 0.3 is 0 Å². The summed E-state index contributed by atoms with van der Waals surface area (Å²) in [4.78, 5) is 12.5. The van der Waals surface area contributed by atoms with Crippen molar-refractivity contribution in [2.45, 2.75) is 18.4 Å². The molecule has 0 fully saturated rings. The molecule has 2 N–H and O–H groups in total. The number of nitrogens with one attached hydrogen (secondary N) is 2. The molecule has 7 nitrogen and oxygen atoms in total. The molecule has 0 bridgehead atoms. The number of furan rings is 1. The van der Waals surface area contributed by atoms with Crippen LogP contribution in [0.25, 0.3) is 0 Å². The quantitative estimate of drug-likeness (QED) is 0.507. The molecule has 2 aromatic carbocycles. The predicted octanol–water partition coefficient (Wildman–Crippen LogP) is 3.01. The molecule has 3 aromatic rings. The van der Waals surface area contributed by atoms with Gasteiger partial charge in [-0.1, -0.05) is 12.1 Å². The van der Waals surface area contributed by atoms with Crippen LogP contribution in [0.3, 0.4) is 0 Å². The van der Waals surface area contributed by atoms with Gasteiger partial charge in [0, 0.05) is 11.6 Å². The van der Waals surface area contributed by atoms with Crippen LogP contribution in [0.2, 0.25) is 0 Å². The highest BCUT2D eigenvalue weighted by Gasteiger charge is 2.18. The van der Waals surface area contributed by atoms with E-state index in [0.29, 0.717) is 17.1 Å². The fourth-order valence-electron chi connectivity index (χ4n) is 2.66. The fourth-order valence-corrected chi connectivity index (χ4v) is 3.68. The summed E-state index contributed by atoms with van der Waals surface area (Å²) in [6.45, 7) is 2.02. The van der Waals surface area contributed by atoms with Crippen LogP contribution in [0.1, 0.15) is 21.7 Å². The highest BCUT2D eigenvalue weighted by atomic mass is 32.2. The van der Waals surface area contributed by atoms with E-state index < -0.39 is 21.7 Å². The number of halogens is 1. The molecule has 0 saturated heterocycles. The number of sulfonamides is 1. The molecule has 0 atom stereocenters. The number of rotatable bonds is 9. The molecule has 0 radical (unpaired) electrons. The molecule has 0 aliphatic rings. The Kier molecular flexibility index (Phi) is 6.86. The van der Waals surface area contributed by atoms with Crippen LogP contribution in [-0.2, 0) is 16.6 Å². The first-order valence-electron chi connectivity index (χ1n) is 9.14. The van der Waals surface area contributed by atoms with E-state index in [1.807, 2.05) is 0 Å². The lowest BCUT2D eigenvalue weighted by Crippen LogP contribution is -2.29. The molecular formula is C21H21FN2O5S. The SMILES string of the molecule is Cc1ccc(S(=O)(=O)NCc2ccco2)cc1C(=O)NCCOc1cccc(F)c1. The highest BCUT2D eigenvalue weighted by molar-refractivity contribution is 7.89. The standard InChI is InChI=1S/C21H21FN2O5S/c1-15-7-8-19(30(26,27)24-14-18-6-3-10-28-18)13-20(15)21(25)23-9-11-29-17-5-2-4-16(22)12-17/h2-8,10,12-13,24H,9,11,14H2,1H3,(H,23,25). The van der Waals surface area contributed by atoms with E-state index in [4.69, 9.17) is 9.15 Å². The van der Waals surface area contributed by atoms with Crippen LogP contribution < -0.4 is 14.8 Å². The molecular weight excluding hydrogens is 411 g/mol. The molecule has 3 rings (SSSR count). The lowest BCUT2D eigenvalue weighted by molar-refractivity contribution is 0.0946. The molecule has 1 amide bonds. The Labute approximate surface area is 173 Å². The highest BCUT2D eigenvalue weighted by Crippen LogP contribution is 2.16. The third-order valence-electron chi connectivity index (χ3n) is 4.23. The maximum atomic E-state index is 13.1. The smallest absolute Gasteiger partial charge is 0.251 e. The molecule has 9 heteroatoms. The third-order valence-corrected chi connectivity index (χ3v) is 5.63. The van der Waals surface area contributed by atoms with Crippen molar-refractivity contribution < 1.29 is 26.8 Å². The first kappa shape index (κ1) is 21.5. The van der Waals surface area contributed by atoms with Gasteiger partial charge < -0.3 is 14.5 Å². The van der Waals surface area contributed by atoms with Crippen LogP contribution in [0.15, 0.2) is 70.2 Å². The molecule has 1 aromatic heterocycles. The summed E-state index contributed by atoms with van der Waals surface area (Å²) in [5.74, 6) is -0.0117. The van der Waals surface area contributed by atoms with Gasteiger partial charge in [0.2, 0.25) is 10.0 Å². The van der Waals surface area contributed by atoms with Crippen LogP contribution in [0, 0.1) is 12.7 Å². The van der Waals surface area contributed by atoms with Gasteiger partial charge in [-0.2, -0.15) is 0 Å². The fraction of sp³-hybridized carbons (Fsp3) is 0.190. The minimum Gasteiger partial charge on any atom is -0.492 e. The van der Waals surface area contributed by atoms with Gasteiger partial charge in [-0.3, -0.25) is 4.79 Å². The summed E-state index contributed by atoms with van der Waals surface area (Å²) in [6, 6.07) is 13.3.